The zero-order valence-corrected chi connectivity index (χ0v) is 11.2. The minimum atomic E-state index is 0.668. The number of para-hydroxylation sites is 1. The lowest BCUT2D eigenvalue weighted by atomic mass is 10.0. The lowest BCUT2D eigenvalue weighted by Gasteiger charge is -2.03. The predicted molar refractivity (Wildman–Crippen MR) is 83.2 cm³/mol. The third-order valence-electron chi connectivity index (χ3n) is 3.27. The predicted octanol–water partition coefficient (Wildman–Crippen LogP) is 3.48. The summed E-state index contributed by atoms with van der Waals surface area (Å²) >= 11 is 0. The third-order valence-corrected chi connectivity index (χ3v) is 3.27. The molecule has 1 heterocycles. The minimum Gasteiger partial charge on any atom is -0.354 e. The van der Waals surface area contributed by atoms with Crippen LogP contribution >= 0.6 is 0 Å². The Hall–Kier alpha value is -2.57. The second-order valence-electron chi connectivity index (χ2n) is 4.43. The van der Waals surface area contributed by atoms with Gasteiger partial charge in [0.15, 0.2) is 0 Å². The SMILES string of the molecule is C#N.NCCc1c(-c2ccccc2)[nH]c2ccccc12. The molecular weight excluding hydrogens is 246 g/mol. The molecule has 2 aromatic carbocycles. The van der Waals surface area contributed by atoms with E-state index in [9.17, 15) is 0 Å². The third kappa shape index (κ3) is 2.56. The summed E-state index contributed by atoms with van der Waals surface area (Å²) in [4.78, 5) is 3.51. The average molecular weight is 263 g/mol. The van der Waals surface area contributed by atoms with Gasteiger partial charge in [-0.2, -0.15) is 0 Å². The molecule has 3 N–H and O–H groups in total. The largest absolute Gasteiger partial charge is 0.354 e. The van der Waals surface area contributed by atoms with Gasteiger partial charge >= 0.3 is 0 Å². The van der Waals surface area contributed by atoms with E-state index in [1.54, 1.807) is 0 Å². The van der Waals surface area contributed by atoms with Crippen LogP contribution in [-0.4, -0.2) is 11.5 Å². The first-order chi connectivity index (χ1) is 9.90. The van der Waals surface area contributed by atoms with Crippen molar-refractivity contribution in [2.24, 2.45) is 5.73 Å². The zero-order valence-electron chi connectivity index (χ0n) is 11.2. The number of nitrogens with two attached hydrogens (primary N) is 1. The maximum atomic E-state index is 6.50. The number of nitrogens with zero attached hydrogens (tertiary/aromatic N) is 1. The van der Waals surface area contributed by atoms with Crippen LogP contribution in [0.2, 0.25) is 0 Å². The molecule has 3 rings (SSSR count). The topological polar surface area (TPSA) is 65.6 Å². The maximum absolute atomic E-state index is 6.50. The normalized spacial score (nSPS) is 9.95. The monoisotopic (exact) mass is 263 g/mol. The Bertz CT molecular complexity index is 696. The number of hydrogen-bond acceptors (Lipinski definition) is 2. The van der Waals surface area contributed by atoms with Gasteiger partial charge in [-0.25, -0.2) is 5.26 Å². The molecule has 0 bridgehead atoms. The van der Waals surface area contributed by atoms with Crippen LogP contribution in [0.3, 0.4) is 0 Å². The molecule has 0 saturated carbocycles. The molecule has 0 saturated heterocycles. The maximum Gasteiger partial charge on any atom is 0.0497 e. The van der Waals surface area contributed by atoms with E-state index in [1.807, 2.05) is 6.07 Å². The van der Waals surface area contributed by atoms with Crippen LogP contribution in [0.1, 0.15) is 5.56 Å². The molecule has 0 radical (unpaired) electrons. The second-order valence-corrected chi connectivity index (χ2v) is 4.43. The fourth-order valence-corrected chi connectivity index (χ4v) is 2.46. The van der Waals surface area contributed by atoms with Crippen LogP contribution in [0.15, 0.2) is 54.6 Å². The molecular formula is C17H17N3. The van der Waals surface area contributed by atoms with E-state index >= 15 is 0 Å². The van der Waals surface area contributed by atoms with Gasteiger partial charge in [-0.15, -0.1) is 0 Å². The number of nitriles is 1. The minimum absolute atomic E-state index is 0.668. The molecule has 0 fully saturated rings. The second kappa shape index (κ2) is 6.55. The van der Waals surface area contributed by atoms with Crippen molar-refractivity contribution < 1.29 is 0 Å². The van der Waals surface area contributed by atoms with Crippen molar-refractivity contribution in [1.29, 1.82) is 5.26 Å². The average Bonchev–Trinajstić information content (AvgIpc) is 2.90. The van der Waals surface area contributed by atoms with Crippen molar-refractivity contribution in [3.8, 4) is 17.8 Å². The van der Waals surface area contributed by atoms with Gasteiger partial charge in [0.25, 0.3) is 0 Å². The molecule has 3 aromatic rings. The van der Waals surface area contributed by atoms with Gasteiger partial charge in [0.2, 0.25) is 0 Å². The van der Waals surface area contributed by atoms with E-state index in [0.29, 0.717) is 6.54 Å². The van der Waals surface area contributed by atoms with Gasteiger partial charge in [-0.3, -0.25) is 0 Å². The summed E-state index contributed by atoms with van der Waals surface area (Å²) in [6, 6.07) is 18.8. The molecule has 100 valence electrons. The number of fused-ring (bicyclic) bond motifs is 1. The molecule has 0 aliphatic rings. The van der Waals surface area contributed by atoms with Crippen LogP contribution in [0, 0.1) is 11.8 Å². The van der Waals surface area contributed by atoms with E-state index in [1.165, 1.54) is 27.7 Å². The van der Waals surface area contributed by atoms with Crippen molar-refractivity contribution in [3.63, 3.8) is 0 Å². The van der Waals surface area contributed by atoms with Gasteiger partial charge < -0.3 is 10.7 Å². The lowest BCUT2D eigenvalue weighted by Crippen LogP contribution is -2.03. The van der Waals surface area contributed by atoms with E-state index < -0.39 is 0 Å². The quantitative estimate of drug-likeness (QED) is 0.759. The number of H-pyrrole nitrogens is 1. The summed E-state index contributed by atoms with van der Waals surface area (Å²) in [6.45, 7) is 4.17. The molecule has 1 aromatic heterocycles. The Balaban J connectivity index is 0.000000704. The van der Waals surface area contributed by atoms with Crippen LogP contribution < -0.4 is 5.73 Å². The molecule has 0 aliphatic carbocycles. The fraction of sp³-hybridized carbons (Fsp3) is 0.118. The summed E-state index contributed by atoms with van der Waals surface area (Å²) < 4.78 is 0. The summed E-state index contributed by atoms with van der Waals surface area (Å²) in [5.74, 6) is 0. The van der Waals surface area contributed by atoms with Crippen molar-refractivity contribution in [3.05, 3.63) is 60.2 Å². The molecule has 20 heavy (non-hydrogen) atoms. The first-order valence-corrected chi connectivity index (χ1v) is 6.51. The van der Waals surface area contributed by atoms with E-state index in [0.717, 1.165) is 6.42 Å². The van der Waals surface area contributed by atoms with Crippen molar-refractivity contribution in [1.82, 2.24) is 4.98 Å². The Morgan fingerprint density at radius 2 is 1.60 bits per heavy atom. The highest BCUT2D eigenvalue weighted by Gasteiger charge is 2.11. The van der Waals surface area contributed by atoms with Crippen LogP contribution in [0.25, 0.3) is 22.2 Å². The number of nitrogens with one attached hydrogen (secondary N) is 1. The number of aromatic amines is 1. The molecule has 3 nitrogen and oxygen atoms in total. The van der Waals surface area contributed by atoms with Gasteiger partial charge in [0.1, 0.15) is 0 Å². The number of benzene rings is 2. The Kier molecular flexibility index (Phi) is 4.54. The summed E-state index contributed by atoms with van der Waals surface area (Å²) in [7, 11) is 0. The highest BCUT2D eigenvalue weighted by atomic mass is 14.7. The molecule has 0 unspecified atom stereocenters. The summed E-state index contributed by atoms with van der Waals surface area (Å²) in [5, 5.41) is 7.78. The highest BCUT2D eigenvalue weighted by Crippen LogP contribution is 2.30. The fourth-order valence-electron chi connectivity index (χ4n) is 2.46. The molecule has 0 amide bonds. The Labute approximate surface area is 118 Å². The molecule has 0 spiro atoms. The summed E-state index contributed by atoms with van der Waals surface area (Å²) in [6.07, 6.45) is 0.897. The van der Waals surface area contributed by atoms with E-state index in [-0.39, 0.29) is 0 Å². The number of aromatic nitrogens is 1. The smallest absolute Gasteiger partial charge is 0.0497 e. The number of rotatable bonds is 3. The van der Waals surface area contributed by atoms with Crippen molar-refractivity contribution in [2.75, 3.05) is 6.54 Å². The van der Waals surface area contributed by atoms with Crippen LogP contribution in [0.5, 0.6) is 0 Å². The van der Waals surface area contributed by atoms with Crippen molar-refractivity contribution in [2.45, 2.75) is 6.42 Å². The zero-order chi connectivity index (χ0) is 14.4. The lowest BCUT2D eigenvalue weighted by molar-refractivity contribution is 0.978. The van der Waals surface area contributed by atoms with E-state index in [2.05, 4.69) is 60.1 Å². The molecule has 0 atom stereocenters. The van der Waals surface area contributed by atoms with Gasteiger partial charge in [0, 0.05) is 23.2 Å². The van der Waals surface area contributed by atoms with Crippen LogP contribution in [0.4, 0.5) is 0 Å². The van der Waals surface area contributed by atoms with Gasteiger partial charge in [0.05, 0.1) is 0 Å². The van der Waals surface area contributed by atoms with Gasteiger partial charge in [-0.1, -0.05) is 48.5 Å². The molecule has 3 heteroatoms. The Morgan fingerprint density at radius 3 is 2.30 bits per heavy atom. The highest BCUT2D eigenvalue weighted by molar-refractivity contribution is 5.90. The standard InChI is InChI=1S/C16H16N2.CHN/c17-11-10-14-13-8-4-5-9-15(13)18-16(14)12-6-2-1-3-7-12;1-2/h1-9,18H,10-11,17H2;1H. The van der Waals surface area contributed by atoms with Gasteiger partial charge in [-0.05, 0) is 30.2 Å². The number of hydrogen-bond donors (Lipinski definition) is 2. The first-order valence-electron chi connectivity index (χ1n) is 6.51. The Morgan fingerprint density at radius 1 is 0.950 bits per heavy atom. The summed E-state index contributed by atoms with van der Waals surface area (Å²) in [5.41, 5.74) is 10.7. The van der Waals surface area contributed by atoms with Crippen molar-refractivity contribution >= 4 is 10.9 Å². The van der Waals surface area contributed by atoms with Crippen LogP contribution in [-0.2, 0) is 6.42 Å². The first kappa shape index (κ1) is 13.9. The van der Waals surface area contributed by atoms with E-state index in [4.69, 9.17) is 11.0 Å². The molecule has 0 aliphatic heterocycles.